The van der Waals surface area contributed by atoms with Crippen LogP contribution >= 0.6 is 0 Å². The van der Waals surface area contributed by atoms with Gasteiger partial charge in [-0.3, -0.25) is 10.2 Å². The molecule has 3 saturated heterocycles. The van der Waals surface area contributed by atoms with Gasteiger partial charge in [0, 0.05) is 19.5 Å². The lowest BCUT2D eigenvalue weighted by Gasteiger charge is -2.52. The van der Waals surface area contributed by atoms with Crippen LogP contribution in [0.3, 0.4) is 0 Å². The molecule has 0 aliphatic carbocycles. The minimum absolute atomic E-state index is 0.587. The maximum atomic E-state index is 11.3. The van der Waals surface area contributed by atoms with E-state index in [0.717, 1.165) is 38.6 Å². The van der Waals surface area contributed by atoms with Crippen molar-refractivity contribution in [2.75, 3.05) is 26.4 Å². The summed E-state index contributed by atoms with van der Waals surface area (Å²) in [6.07, 6.45) is 4.17. The average Bonchev–Trinajstić information content (AvgIpc) is 2.17. The van der Waals surface area contributed by atoms with Crippen molar-refractivity contribution < 1.29 is 12.6 Å². The molecule has 6 heteroatoms. The van der Waals surface area contributed by atoms with E-state index in [9.17, 15) is 8.42 Å². The number of piperidine rings is 3. The van der Waals surface area contributed by atoms with E-state index in [0.29, 0.717) is 5.92 Å². The minimum atomic E-state index is -3.42. The second-order valence-corrected chi connectivity index (χ2v) is 6.03. The molecular formula is C9H18N2O3S. The van der Waals surface area contributed by atoms with Crippen LogP contribution in [-0.2, 0) is 14.3 Å². The van der Waals surface area contributed by atoms with E-state index in [1.165, 1.54) is 0 Å². The summed E-state index contributed by atoms with van der Waals surface area (Å²) in [5.74, 6) is -0.196. The Morgan fingerprint density at radius 2 is 2.00 bits per heavy atom. The van der Waals surface area contributed by atoms with Crippen LogP contribution in [0.5, 0.6) is 0 Å². The van der Waals surface area contributed by atoms with Crippen LogP contribution < -0.4 is 5.32 Å². The van der Waals surface area contributed by atoms with Crippen molar-refractivity contribution >= 4 is 10.1 Å². The number of nitrogens with one attached hydrogen (secondary N) is 1. The highest BCUT2D eigenvalue weighted by Crippen LogP contribution is 2.38. The van der Waals surface area contributed by atoms with Gasteiger partial charge >= 0.3 is 0 Å². The van der Waals surface area contributed by atoms with Gasteiger partial charge in [-0.2, -0.15) is 8.42 Å². The fourth-order valence-electron chi connectivity index (χ4n) is 2.66. The lowest BCUT2D eigenvalue weighted by molar-refractivity contribution is -0.167. The Bertz CT molecular complexity index is 335. The van der Waals surface area contributed by atoms with E-state index in [1.807, 2.05) is 0 Å². The topological polar surface area (TPSA) is 58.6 Å². The molecule has 5 nitrogen and oxygen atoms in total. The summed E-state index contributed by atoms with van der Waals surface area (Å²) >= 11 is 0. The van der Waals surface area contributed by atoms with Gasteiger partial charge in [-0.1, -0.05) is 0 Å². The Kier molecular flexibility index (Phi) is 2.79. The molecule has 3 fully saturated rings. The van der Waals surface area contributed by atoms with Crippen molar-refractivity contribution in [3.63, 3.8) is 0 Å². The second kappa shape index (κ2) is 3.69. The van der Waals surface area contributed by atoms with Gasteiger partial charge in [0.15, 0.2) is 5.85 Å². The second-order valence-electron chi connectivity index (χ2n) is 4.46. The van der Waals surface area contributed by atoms with Crippen molar-refractivity contribution in [2.45, 2.75) is 25.1 Å². The lowest BCUT2D eigenvalue weighted by Crippen LogP contribution is -2.66. The predicted octanol–water partition coefficient (Wildman–Crippen LogP) is -0.0485. The Balaban J connectivity index is 2.22. The first-order chi connectivity index (χ1) is 6.95. The molecule has 88 valence electrons. The molecule has 0 aromatic rings. The maximum Gasteiger partial charge on any atom is 0.267 e. The van der Waals surface area contributed by atoms with Crippen LogP contribution in [-0.4, -0.2) is 45.6 Å². The van der Waals surface area contributed by atoms with Crippen molar-refractivity contribution in [3.05, 3.63) is 0 Å². The van der Waals surface area contributed by atoms with Crippen LogP contribution in [0, 0.1) is 5.92 Å². The zero-order chi connectivity index (χ0) is 11.1. The summed E-state index contributed by atoms with van der Waals surface area (Å²) in [6.45, 7) is 1.84. The normalized spacial score (nSPS) is 40.7. The van der Waals surface area contributed by atoms with E-state index >= 15 is 0 Å². The third-order valence-electron chi connectivity index (χ3n) is 3.37. The smallest absolute Gasteiger partial charge is 0.267 e. The van der Waals surface area contributed by atoms with E-state index in [-0.39, 0.29) is 0 Å². The third-order valence-corrected chi connectivity index (χ3v) is 3.95. The maximum absolute atomic E-state index is 11.3. The Hall–Kier alpha value is -0.170. The molecule has 0 amide bonds. The molecule has 15 heavy (non-hydrogen) atoms. The first-order valence-electron chi connectivity index (χ1n) is 5.30. The Morgan fingerprint density at radius 1 is 1.40 bits per heavy atom. The molecule has 3 aliphatic heterocycles. The molecule has 3 heterocycles. The van der Waals surface area contributed by atoms with Crippen LogP contribution in [0.1, 0.15) is 19.3 Å². The number of fused-ring (bicyclic) bond motifs is 3. The fourth-order valence-corrected chi connectivity index (χ4v) is 3.42. The number of hydrogen-bond donors (Lipinski definition) is 1. The molecular weight excluding hydrogens is 216 g/mol. The molecule has 3 aliphatic rings. The number of rotatable bonds is 3. The van der Waals surface area contributed by atoms with E-state index < -0.39 is 16.0 Å². The molecule has 0 aromatic heterocycles. The Morgan fingerprint density at radius 3 is 2.33 bits per heavy atom. The zero-order valence-electron chi connectivity index (χ0n) is 9.19. The van der Waals surface area contributed by atoms with Gasteiger partial charge in [0.1, 0.15) is 0 Å². The molecule has 2 bridgehead atoms. The Labute approximate surface area is 90.9 Å². The molecule has 1 N–H and O–H groups in total. The minimum Gasteiger partial charge on any atom is -0.279 e. The van der Waals surface area contributed by atoms with Gasteiger partial charge < -0.3 is 0 Å². The molecule has 1 unspecified atom stereocenters. The largest absolute Gasteiger partial charge is 0.279 e. The van der Waals surface area contributed by atoms with Gasteiger partial charge in [-0.25, -0.2) is 4.18 Å². The van der Waals surface area contributed by atoms with E-state index in [4.69, 9.17) is 4.18 Å². The summed E-state index contributed by atoms with van der Waals surface area (Å²) in [6, 6.07) is 0. The van der Waals surface area contributed by atoms with Crippen molar-refractivity contribution in [3.8, 4) is 0 Å². The molecule has 1 atom stereocenters. The summed E-state index contributed by atoms with van der Waals surface area (Å²) in [5.41, 5.74) is 0. The quantitative estimate of drug-likeness (QED) is 0.548. The summed E-state index contributed by atoms with van der Waals surface area (Å²) in [7, 11) is -1.67. The summed E-state index contributed by atoms with van der Waals surface area (Å²) < 4.78 is 27.7. The average molecular weight is 234 g/mol. The SMILES string of the molecule is CNC1(OS(C)(=O)=O)CC2CCN1CC2. The van der Waals surface area contributed by atoms with Gasteiger partial charge in [0.25, 0.3) is 10.1 Å². The monoisotopic (exact) mass is 234 g/mol. The zero-order valence-corrected chi connectivity index (χ0v) is 10.0. The van der Waals surface area contributed by atoms with Crippen molar-refractivity contribution in [1.82, 2.24) is 10.2 Å². The fraction of sp³-hybridized carbons (Fsp3) is 1.00. The highest BCUT2D eigenvalue weighted by atomic mass is 32.2. The molecule has 0 aromatic carbocycles. The third kappa shape index (κ3) is 2.18. The van der Waals surface area contributed by atoms with Crippen LogP contribution in [0.2, 0.25) is 0 Å². The lowest BCUT2D eigenvalue weighted by atomic mass is 9.84. The molecule has 0 saturated carbocycles. The predicted molar refractivity (Wildman–Crippen MR) is 56.6 cm³/mol. The molecule has 3 rings (SSSR count). The van der Waals surface area contributed by atoms with Gasteiger partial charge in [-0.15, -0.1) is 0 Å². The number of nitrogens with zero attached hydrogens (tertiary/aromatic N) is 1. The summed E-state index contributed by atoms with van der Waals surface area (Å²) in [5, 5.41) is 3.03. The first kappa shape index (κ1) is 11.3. The van der Waals surface area contributed by atoms with Crippen LogP contribution in [0.4, 0.5) is 0 Å². The standard InChI is InChI=1S/C9H18N2O3S/c1-10-9(14-15(2,12)13)7-8-3-5-11(9)6-4-8/h8,10H,3-7H2,1-2H3. The van der Waals surface area contributed by atoms with Crippen LogP contribution in [0.25, 0.3) is 0 Å². The summed E-state index contributed by atoms with van der Waals surface area (Å²) in [4.78, 5) is 2.09. The van der Waals surface area contributed by atoms with Crippen molar-refractivity contribution in [2.24, 2.45) is 5.92 Å². The highest BCUT2D eigenvalue weighted by molar-refractivity contribution is 7.86. The van der Waals surface area contributed by atoms with Crippen LogP contribution in [0.15, 0.2) is 0 Å². The van der Waals surface area contributed by atoms with Gasteiger partial charge in [0.05, 0.1) is 6.26 Å². The van der Waals surface area contributed by atoms with E-state index in [1.54, 1.807) is 7.05 Å². The van der Waals surface area contributed by atoms with Gasteiger partial charge in [0.2, 0.25) is 0 Å². The highest BCUT2D eigenvalue weighted by Gasteiger charge is 2.48. The van der Waals surface area contributed by atoms with Gasteiger partial charge in [-0.05, 0) is 25.8 Å². The van der Waals surface area contributed by atoms with E-state index in [2.05, 4.69) is 10.2 Å². The molecule has 0 radical (unpaired) electrons. The number of hydrogen-bond acceptors (Lipinski definition) is 5. The first-order valence-corrected chi connectivity index (χ1v) is 7.11. The van der Waals surface area contributed by atoms with Crippen molar-refractivity contribution in [1.29, 1.82) is 0 Å². The molecule has 0 spiro atoms.